The van der Waals surface area contributed by atoms with Crippen LogP contribution < -0.4 is 4.90 Å². The van der Waals surface area contributed by atoms with Gasteiger partial charge in [-0.25, -0.2) is 4.39 Å². The fourth-order valence-corrected chi connectivity index (χ4v) is 1.09. The van der Waals surface area contributed by atoms with Crippen molar-refractivity contribution in [2.24, 2.45) is 0 Å². The molecule has 3 heteroatoms. The van der Waals surface area contributed by atoms with Crippen molar-refractivity contribution in [1.82, 2.24) is 0 Å². The number of phenolic OH excluding ortho intramolecular Hbond substituents is 1. The number of benzene rings is 1. The summed E-state index contributed by atoms with van der Waals surface area (Å²) in [6, 6.07) is 4.35. The van der Waals surface area contributed by atoms with Gasteiger partial charge in [0.2, 0.25) is 0 Å². The van der Waals surface area contributed by atoms with Gasteiger partial charge < -0.3 is 10.0 Å². The minimum atomic E-state index is -0.345. The van der Waals surface area contributed by atoms with E-state index in [-0.39, 0.29) is 11.6 Å². The first-order chi connectivity index (χ1) is 5.29. The van der Waals surface area contributed by atoms with Gasteiger partial charge in [0, 0.05) is 13.1 Å². The lowest BCUT2D eigenvalue weighted by atomic mass is 10.3. The van der Waals surface area contributed by atoms with E-state index in [1.165, 1.54) is 18.2 Å². The second kappa shape index (κ2) is 2.12. The summed E-state index contributed by atoms with van der Waals surface area (Å²) in [4.78, 5) is 1.78. The van der Waals surface area contributed by atoms with Crippen LogP contribution in [0, 0.1) is 5.82 Å². The van der Waals surface area contributed by atoms with E-state index in [0.29, 0.717) is 5.69 Å². The van der Waals surface area contributed by atoms with Crippen LogP contribution in [-0.2, 0) is 0 Å². The summed E-state index contributed by atoms with van der Waals surface area (Å²) in [5.74, 6) is -0.315. The van der Waals surface area contributed by atoms with Crippen molar-refractivity contribution in [3.05, 3.63) is 24.0 Å². The van der Waals surface area contributed by atoms with Gasteiger partial charge >= 0.3 is 0 Å². The molecule has 58 valence electrons. The summed E-state index contributed by atoms with van der Waals surface area (Å²) in [5, 5.41) is 9.22. The highest BCUT2D eigenvalue weighted by atomic mass is 19.1. The Bertz CT molecular complexity index is 263. The second-order valence-corrected chi connectivity index (χ2v) is 2.59. The van der Waals surface area contributed by atoms with Gasteiger partial charge in [0.15, 0.2) is 0 Å². The number of nitrogens with zero attached hydrogens (tertiary/aromatic N) is 1. The zero-order valence-electron chi connectivity index (χ0n) is 5.92. The third-order valence-electron chi connectivity index (χ3n) is 1.73. The Hall–Kier alpha value is -1.25. The molecule has 1 heterocycles. The van der Waals surface area contributed by atoms with E-state index in [4.69, 9.17) is 0 Å². The van der Waals surface area contributed by atoms with Crippen molar-refractivity contribution in [3.8, 4) is 5.75 Å². The van der Waals surface area contributed by atoms with Crippen molar-refractivity contribution < 1.29 is 9.50 Å². The zero-order valence-corrected chi connectivity index (χ0v) is 5.92. The fraction of sp³-hybridized carbons (Fsp3) is 0.250. The van der Waals surface area contributed by atoms with Gasteiger partial charge in [-0.3, -0.25) is 0 Å². The molecule has 2 nitrogen and oxygen atoms in total. The molecular formula is C8H8FNO. The summed E-state index contributed by atoms with van der Waals surface area (Å²) >= 11 is 0. The highest BCUT2D eigenvalue weighted by Crippen LogP contribution is 2.33. The molecule has 1 aliphatic heterocycles. The smallest absolute Gasteiger partial charge is 0.150 e. The lowest BCUT2D eigenvalue weighted by Gasteiger charge is -2.05. The van der Waals surface area contributed by atoms with Crippen LogP contribution in [0.25, 0.3) is 0 Å². The zero-order chi connectivity index (χ0) is 7.84. The van der Waals surface area contributed by atoms with Crippen molar-refractivity contribution in [1.29, 1.82) is 0 Å². The molecule has 1 saturated heterocycles. The lowest BCUT2D eigenvalue weighted by molar-refractivity contribution is 0.471. The van der Waals surface area contributed by atoms with Crippen LogP contribution in [0.1, 0.15) is 0 Å². The third kappa shape index (κ3) is 1.02. The average Bonchev–Trinajstić information content (AvgIpc) is 2.70. The highest BCUT2D eigenvalue weighted by Gasteiger charge is 2.24. The molecule has 0 amide bonds. The van der Waals surface area contributed by atoms with Gasteiger partial charge in [-0.05, 0) is 12.1 Å². The van der Waals surface area contributed by atoms with E-state index in [0.717, 1.165) is 13.1 Å². The molecule has 0 bridgehead atoms. The molecule has 1 aromatic carbocycles. The first-order valence-corrected chi connectivity index (χ1v) is 3.51. The van der Waals surface area contributed by atoms with Crippen LogP contribution in [-0.4, -0.2) is 18.2 Å². The molecule has 0 aromatic heterocycles. The van der Waals surface area contributed by atoms with E-state index in [2.05, 4.69) is 0 Å². The van der Waals surface area contributed by atoms with Crippen LogP contribution in [0.2, 0.25) is 0 Å². The van der Waals surface area contributed by atoms with E-state index in [1.807, 2.05) is 0 Å². The maximum atomic E-state index is 12.9. The number of halogens is 1. The average molecular weight is 153 g/mol. The number of aromatic hydroxyl groups is 1. The molecule has 0 radical (unpaired) electrons. The number of para-hydroxylation sites is 1. The number of anilines is 1. The first kappa shape index (κ1) is 6.46. The monoisotopic (exact) mass is 153 g/mol. The van der Waals surface area contributed by atoms with Crippen molar-refractivity contribution in [2.75, 3.05) is 18.0 Å². The Morgan fingerprint density at radius 1 is 1.36 bits per heavy atom. The Morgan fingerprint density at radius 2 is 2.09 bits per heavy atom. The lowest BCUT2D eigenvalue weighted by Crippen LogP contribution is -1.94. The standard InChI is InChI=1S/C8H8FNO/c9-6-2-1-3-7(11)8(6)10-4-5-10/h1-3,11H,4-5H2. The third-order valence-corrected chi connectivity index (χ3v) is 1.73. The second-order valence-electron chi connectivity index (χ2n) is 2.59. The fourth-order valence-electron chi connectivity index (χ4n) is 1.09. The molecule has 0 atom stereocenters. The predicted octanol–water partition coefficient (Wildman–Crippen LogP) is 1.35. The van der Waals surface area contributed by atoms with Crippen LogP contribution in [0.5, 0.6) is 5.75 Å². The topological polar surface area (TPSA) is 23.2 Å². The molecule has 1 N–H and O–H groups in total. The summed E-state index contributed by atoms with van der Waals surface area (Å²) in [7, 11) is 0. The number of rotatable bonds is 1. The SMILES string of the molecule is Oc1cccc(F)c1N1CC1. The Balaban J connectivity index is 2.48. The molecule has 11 heavy (non-hydrogen) atoms. The van der Waals surface area contributed by atoms with Gasteiger partial charge in [0.25, 0.3) is 0 Å². The molecule has 0 saturated carbocycles. The van der Waals surface area contributed by atoms with E-state index < -0.39 is 0 Å². The van der Waals surface area contributed by atoms with Crippen molar-refractivity contribution >= 4 is 5.69 Å². The number of phenols is 1. The summed E-state index contributed by atoms with van der Waals surface area (Å²) < 4.78 is 12.9. The predicted molar refractivity (Wildman–Crippen MR) is 40.3 cm³/mol. The minimum Gasteiger partial charge on any atom is -0.506 e. The number of hydrogen-bond acceptors (Lipinski definition) is 2. The molecule has 1 aromatic rings. The van der Waals surface area contributed by atoms with Crippen molar-refractivity contribution in [3.63, 3.8) is 0 Å². The molecule has 0 spiro atoms. The molecule has 0 aliphatic carbocycles. The Morgan fingerprint density at radius 3 is 2.64 bits per heavy atom. The maximum Gasteiger partial charge on any atom is 0.150 e. The van der Waals surface area contributed by atoms with Gasteiger partial charge in [0.05, 0.1) is 0 Å². The highest BCUT2D eigenvalue weighted by molar-refractivity contribution is 5.62. The van der Waals surface area contributed by atoms with Gasteiger partial charge in [-0.15, -0.1) is 0 Å². The summed E-state index contributed by atoms with van der Waals surface area (Å²) in [6.45, 7) is 1.68. The summed E-state index contributed by atoms with van der Waals surface area (Å²) in [6.07, 6.45) is 0. The first-order valence-electron chi connectivity index (χ1n) is 3.51. The van der Waals surface area contributed by atoms with E-state index in [9.17, 15) is 9.50 Å². The molecule has 2 rings (SSSR count). The Labute approximate surface area is 63.9 Å². The maximum absolute atomic E-state index is 12.9. The van der Waals surface area contributed by atoms with Crippen LogP contribution in [0.3, 0.4) is 0 Å². The van der Waals surface area contributed by atoms with E-state index in [1.54, 1.807) is 4.90 Å². The van der Waals surface area contributed by atoms with Crippen LogP contribution in [0.15, 0.2) is 18.2 Å². The molecular weight excluding hydrogens is 145 g/mol. The van der Waals surface area contributed by atoms with E-state index >= 15 is 0 Å². The van der Waals surface area contributed by atoms with Crippen LogP contribution in [0.4, 0.5) is 10.1 Å². The number of hydrogen-bond donors (Lipinski definition) is 1. The van der Waals surface area contributed by atoms with Crippen molar-refractivity contribution in [2.45, 2.75) is 0 Å². The largest absolute Gasteiger partial charge is 0.506 e. The normalized spacial score (nSPS) is 15.2. The van der Waals surface area contributed by atoms with Gasteiger partial charge in [0.1, 0.15) is 17.3 Å². The quantitative estimate of drug-likeness (QED) is 0.615. The molecule has 1 aliphatic rings. The summed E-state index contributed by atoms with van der Waals surface area (Å²) in [5.41, 5.74) is 0.340. The van der Waals surface area contributed by atoms with Crippen LogP contribution >= 0.6 is 0 Å². The van der Waals surface area contributed by atoms with Gasteiger partial charge in [-0.1, -0.05) is 6.07 Å². The molecule has 1 fully saturated rings. The Kier molecular flexibility index (Phi) is 1.24. The van der Waals surface area contributed by atoms with Gasteiger partial charge in [-0.2, -0.15) is 0 Å². The molecule has 0 unspecified atom stereocenters. The minimum absolute atomic E-state index is 0.0301.